The first kappa shape index (κ1) is 34.5. The average molecular weight is 581 g/mol. The van der Waals surface area contributed by atoms with Gasteiger partial charge in [-0.2, -0.15) is 0 Å². The van der Waals surface area contributed by atoms with Gasteiger partial charge < -0.3 is 20.5 Å². The SMILES string of the molecule is COC(=O)CCCCC(CCSS/C(CCO)=C(/C)N(C=O)Cc1cnc(C)nc1N)SC(C)=O.Cl. The van der Waals surface area contributed by atoms with E-state index in [2.05, 4.69) is 14.7 Å². The van der Waals surface area contributed by atoms with E-state index < -0.39 is 0 Å². The molecule has 36 heavy (non-hydrogen) atoms. The molecule has 1 heterocycles. The number of aliphatic hydroxyl groups excluding tert-OH is 1. The molecule has 0 aliphatic rings. The normalized spacial score (nSPS) is 12.2. The third-order valence-corrected chi connectivity index (χ3v) is 8.87. The molecule has 1 aromatic heterocycles. The first-order valence-electron chi connectivity index (χ1n) is 11.4. The van der Waals surface area contributed by atoms with E-state index in [0.29, 0.717) is 30.0 Å². The summed E-state index contributed by atoms with van der Waals surface area (Å²) in [7, 11) is 4.54. The number of aromatic nitrogens is 2. The van der Waals surface area contributed by atoms with E-state index in [0.717, 1.165) is 48.4 Å². The molecule has 1 unspecified atom stereocenters. The number of carbonyl (C=O) groups excluding carboxylic acids is 3. The number of aliphatic hydroxyl groups is 1. The highest BCUT2D eigenvalue weighted by Gasteiger charge is 2.16. The number of allylic oxidation sites excluding steroid dienone is 1. The second-order valence-electron chi connectivity index (χ2n) is 7.79. The average Bonchev–Trinajstić information content (AvgIpc) is 2.82. The fourth-order valence-electron chi connectivity index (χ4n) is 3.13. The van der Waals surface area contributed by atoms with Gasteiger partial charge in [-0.15, -0.1) is 12.4 Å². The second kappa shape index (κ2) is 19.6. The molecule has 0 spiro atoms. The number of halogens is 1. The molecule has 1 amide bonds. The van der Waals surface area contributed by atoms with Gasteiger partial charge in [-0.25, -0.2) is 9.97 Å². The molecule has 1 aromatic rings. The number of aryl methyl sites for hydroxylation is 1. The lowest BCUT2D eigenvalue weighted by Gasteiger charge is -2.22. The Balaban J connectivity index is 0.0000122. The molecular weight excluding hydrogens is 544 g/mol. The van der Waals surface area contributed by atoms with Crippen molar-refractivity contribution >= 4 is 69.1 Å². The van der Waals surface area contributed by atoms with Crippen molar-refractivity contribution in [1.29, 1.82) is 0 Å². The zero-order valence-corrected chi connectivity index (χ0v) is 24.5. The van der Waals surface area contributed by atoms with Crippen LogP contribution in [0.15, 0.2) is 16.8 Å². The van der Waals surface area contributed by atoms with E-state index >= 15 is 0 Å². The van der Waals surface area contributed by atoms with Crippen LogP contribution in [0.4, 0.5) is 5.82 Å². The highest BCUT2D eigenvalue weighted by Crippen LogP contribution is 2.37. The summed E-state index contributed by atoms with van der Waals surface area (Å²) in [5.74, 6) is 1.49. The molecule has 1 atom stereocenters. The Bertz CT molecular complexity index is 876. The number of rotatable bonds is 17. The zero-order chi connectivity index (χ0) is 26.2. The third kappa shape index (κ3) is 13.7. The Kier molecular flexibility index (Phi) is 18.8. The first-order valence-corrected chi connectivity index (χ1v) is 14.6. The van der Waals surface area contributed by atoms with E-state index in [1.165, 1.54) is 29.7 Å². The Labute approximate surface area is 232 Å². The van der Waals surface area contributed by atoms with Gasteiger partial charge in [0.05, 0.1) is 13.7 Å². The van der Waals surface area contributed by atoms with Crippen molar-refractivity contribution in [3.05, 3.63) is 28.2 Å². The minimum Gasteiger partial charge on any atom is -0.469 e. The van der Waals surface area contributed by atoms with Crippen molar-refractivity contribution in [1.82, 2.24) is 14.9 Å². The number of hydrogen-bond acceptors (Lipinski definition) is 11. The van der Waals surface area contributed by atoms with Gasteiger partial charge in [-0.3, -0.25) is 14.4 Å². The molecule has 0 radical (unpaired) electrons. The highest BCUT2D eigenvalue weighted by atomic mass is 35.5. The lowest BCUT2D eigenvalue weighted by atomic mass is 10.1. The maximum Gasteiger partial charge on any atom is 0.305 e. The molecule has 0 saturated carbocycles. The van der Waals surface area contributed by atoms with E-state index in [9.17, 15) is 19.5 Å². The monoisotopic (exact) mass is 580 g/mol. The Hall–Kier alpha value is -1.47. The number of hydrogen-bond donors (Lipinski definition) is 2. The van der Waals surface area contributed by atoms with Crippen LogP contribution in [0.2, 0.25) is 0 Å². The predicted molar refractivity (Wildman–Crippen MR) is 152 cm³/mol. The topological polar surface area (TPSA) is 136 Å². The number of esters is 1. The van der Waals surface area contributed by atoms with Crippen molar-refractivity contribution in [2.24, 2.45) is 0 Å². The van der Waals surface area contributed by atoms with Gasteiger partial charge in [0.25, 0.3) is 0 Å². The fourth-order valence-corrected chi connectivity index (χ4v) is 6.86. The third-order valence-electron chi connectivity index (χ3n) is 5.06. The standard InChI is InChI=1S/C23H36N4O5S3.ClH/c1-16(27(15-29)14-19-13-25-17(2)26-23(19)24)21(9-11-28)35-33-12-10-20(34-18(3)30)7-5-6-8-22(31)32-4;/h13,15,20,28H,5-12,14H2,1-4H3,(H2,24,25,26);1H/b21-16-;. The van der Waals surface area contributed by atoms with Crippen LogP contribution >= 0.6 is 45.8 Å². The zero-order valence-electron chi connectivity index (χ0n) is 21.2. The van der Waals surface area contributed by atoms with Crippen LogP contribution in [0.1, 0.15) is 63.8 Å². The van der Waals surface area contributed by atoms with E-state index in [1.807, 2.05) is 6.92 Å². The van der Waals surface area contributed by atoms with E-state index in [-0.39, 0.29) is 41.9 Å². The van der Waals surface area contributed by atoms with Crippen molar-refractivity contribution in [2.75, 3.05) is 25.2 Å². The summed E-state index contributed by atoms with van der Waals surface area (Å²) in [5.41, 5.74) is 7.37. The number of thioether (sulfide) groups is 1. The largest absolute Gasteiger partial charge is 0.469 e. The molecule has 0 aliphatic carbocycles. The number of nitrogens with two attached hydrogens (primary N) is 1. The highest BCUT2D eigenvalue weighted by molar-refractivity contribution is 8.78. The van der Waals surface area contributed by atoms with Gasteiger partial charge in [-0.1, -0.05) is 39.8 Å². The lowest BCUT2D eigenvalue weighted by Crippen LogP contribution is -2.21. The number of nitrogens with zero attached hydrogens (tertiary/aromatic N) is 3. The van der Waals surface area contributed by atoms with Crippen LogP contribution in [-0.2, 0) is 25.7 Å². The predicted octanol–water partition coefficient (Wildman–Crippen LogP) is 4.51. The number of amides is 1. The summed E-state index contributed by atoms with van der Waals surface area (Å²) in [6.45, 7) is 5.36. The van der Waals surface area contributed by atoms with Gasteiger partial charge in [-0.05, 0) is 33.1 Å². The number of methoxy groups -OCH3 is 1. The fraction of sp³-hybridized carbons (Fsp3) is 0.609. The smallest absolute Gasteiger partial charge is 0.305 e. The minimum absolute atomic E-state index is 0. The molecule has 1 rings (SSSR count). The number of carbonyl (C=O) groups is 3. The molecular formula is C23H37ClN4O5S3. The van der Waals surface area contributed by atoms with E-state index in [4.69, 9.17) is 5.73 Å². The minimum atomic E-state index is -0.215. The number of unbranched alkanes of at least 4 members (excludes halogenated alkanes) is 1. The van der Waals surface area contributed by atoms with Crippen molar-refractivity contribution in [3.8, 4) is 0 Å². The number of ether oxygens (including phenoxy) is 1. The van der Waals surface area contributed by atoms with Crippen LogP contribution in [-0.4, -0.2) is 62.2 Å². The van der Waals surface area contributed by atoms with Gasteiger partial charge in [0, 0.05) is 59.7 Å². The Morgan fingerprint density at radius 3 is 2.56 bits per heavy atom. The quantitative estimate of drug-likeness (QED) is 0.116. The van der Waals surface area contributed by atoms with Crippen LogP contribution in [0.5, 0.6) is 0 Å². The summed E-state index contributed by atoms with van der Waals surface area (Å²) in [6.07, 6.45) is 6.45. The molecule has 9 nitrogen and oxygen atoms in total. The van der Waals surface area contributed by atoms with Crippen molar-refractivity contribution in [3.63, 3.8) is 0 Å². The van der Waals surface area contributed by atoms with Crippen LogP contribution in [0.3, 0.4) is 0 Å². The van der Waals surface area contributed by atoms with E-state index in [1.54, 1.807) is 35.7 Å². The summed E-state index contributed by atoms with van der Waals surface area (Å²) in [4.78, 5) is 45.5. The van der Waals surface area contributed by atoms with Crippen LogP contribution in [0, 0.1) is 6.92 Å². The van der Waals surface area contributed by atoms with Gasteiger partial charge >= 0.3 is 5.97 Å². The molecule has 0 saturated heterocycles. The summed E-state index contributed by atoms with van der Waals surface area (Å²) < 4.78 is 4.67. The van der Waals surface area contributed by atoms with Gasteiger partial charge in [0.1, 0.15) is 11.6 Å². The van der Waals surface area contributed by atoms with Crippen molar-refractivity contribution < 1.29 is 24.2 Å². The maximum absolute atomic E-state index is 11.8. The summed E-state index contributed by atoms with van der Waals surface area (Å²) in [5, 5.41) is 9.81. The number of nitrogen functional groups attached to an aromatic ring is 1. The van der Waals surface area contributed by atoms with Crippen molar-refractivity contribution in [2.45, 2.75) is 71.1 Å². The molecule has 13 heteroatoms. The Morgan fingerprint density at radius 2 is 1.97 bits per heavy atom. The molecule has 0 aromatic carbocycles. The maximum atomic E-state index is 11.8. The molecule has 204 valence electrons. The first-order chi connectivity index (χ1) is 16.7. The lowest BCUT2D eigenvalue weighted by molar-refractivity contribution is -0.140. The second-order valence-corrected chi connectivity index (χ2v) is 11.8. The molecule has 3 N–H and O–H groups in total. The molecule has 0 fully saturated rings. The van der Waals surface area contributed by atoms with Gasteiger partial charge in [0.15, 0.2) is 5.12 Å². The number of anilines is 1. The molecule has 0 aliphatic heterocycles. The van der Waals surface area contributed by atoms with Crippen LogP contribution < -0.4 is 5.73 Å². The molecule has 0 bridgehead atoms. The summed E-state index contributed by atoms with van der Waals surface area (Å²) >= 11 is 1.34. The van der Waals surface area contributed by atoms with Gasteiger partial charge in [0.2, 0.25) is 6.41 Å². The van der Waals surface area contributed by atoms with Crippen LogP contribution in [0.25, 0.3) is 0 Å². The summed E-state index contributed by atoms with van der Waals surface area (Å²) in [6, 6.07) is 0. The Morgan fingerprint density at radius 1 is 1.25 bits per heavy atom.